The molecule has 3 unspecified atom stereocenters. The van der Waals surface area contributed by atoms with Crippen LogP contribution in [0.15, 0.2) is 0 Å². The first-order valence-corrected chi connectivity index (χ1v) is 12.9. The monoisotopic (exact) mass is 445 g/mol. The first kappa shape index (κ1) is 28.8. The van der Waals surface area contributed by atoms with E-state index in [1.807, 2.05) is 0 Å². The molecule has 3 N–H and O–H groups in total. The van der Waals surface area contributed by atoms with Gasteiger partial charge < -0.3 is 16.0 Å². The number of hydrogen-bond donors (Lipinski definition) is 3. The van der Waals surface area contributed by atoms with Crippen LogP contribution in [-0.2, 0) is 0 Å². The summed E-state index contributed by atoms with van der Waals surface area (Å²) < 4.78 is 26.2. The van der Waals surface area contributed by atoms with E-state index in [4.69, 9.17) is 0 Å². The van der Waals surface area contributed by atoms with Gasteiger partial charge in [0.15, 0.2) is 0 Å². The lowest BCUT2D eigenvalue weighted by molar-refractivity contribution is 0.0925. The Balaban J connectivity index is 0.000000233. The summed E-state index contributed by atoms with van der Waals surface area (Å²) in [6.07, 6.45) is 2.29. The van der Waals surface area contributed by atoms with Crippen LogP contribution in [0.3, 0.4) is 0 Å². The van der Waals surface area contributed by atoms with E-state index >= 15 is 0 Å². The van der Waals surface area contributed by atoms with E-state index in [1.54, 1.807) is 6.92 Å². The fourth-order valence-corrected chi connectivity index (χ4v) is 4.82. The van der Waals surface area contributed by atoms with Gasteiger partial charge in [-0.15, -0.1) is 0 Å². The fourth-order valence-electron chi connectivity index (χ4n) is 4.82. The molecule has 0 radical (unpaired) electrons. The van der Waals surface area contributed by atoms with Crippen LogP contribution in [0.1, 0.15) is 74.7 Å². The number of halogens is 2. The third-order valence-corrected chi connectivity index (χ3v) is 7.35. The molecule has 3 rings (SSSR count). The molecule has 5 heteroatoms. The highest BCUT2D eigenvalue weighted by Gasteiger charge is 2.32. The molecule has 0 aromatic heterocycles. The summed E-state index contributed by atoms with van der Waals surface area (Å²) in [5.74, 6) is 4.94. The average Bonchev–Trinajstić information content (AvgIpc) is 2.68. The molecule has 0 aliphatic carbocycles. The highest BCUT2D eigenvalue weighted by atomic mass is 19.1. The van der Waals surface area contributed by atoms with Gasteiger partial charge in [-0.1, -0.05) is 48.5 Å². The Hall–Kier alpha value is -0.260. The molecule has 3 aliphatic rings. The van der Waals surface area contributed by atoms with Crippen LogP contribution in [0.4, 0.5) is 8.78 Å². The fraction of sp³-hybridized carbons (Fsp3) is 1.00. The largest absolute Gasteiger partial charge is 0.316 e. The summed E-state index contributed by atoms with van der Waals surface area (Å²) in [6.45, 7) is 22.8. The molecule has 0 aromatic rings. The van der Waals surface area contributed by atoms with Crippen LogP contribution in [0.2, 0.25) is 0 Å². The van der Waals surface area contributed by atoms with Gasteiger partial charge in [0.05, 0.1) is 0 Å². The second kappa shape index (κ2) is 14.1. The molecule has 3 aliphatic heterocycles. The van der Waals surface area contributed by atoms with Gasteiger partial charge in [-0.25, -0.2) is 8.78 Å². The van der Waals surface area contributed by atoms with Crippen molar-refractivity contribution in [2.24, 2.45) is 41.4 Å². The molecule has 3 nitrogen and oxygen atoms in total. The summed E-state index contributed by atoms with van der Waals surface area (Å²) in [7, 11) is 0. The molecular weight excluding hydrogens is 392 g/mol. The molecule has 31 heavy (non-hydrogen) atoms. The number of piperidine rings is 3. The minimum atomic E-state index is -0.979. The van der Waals surface area contributed by atoms with E-state index in [9.17, 15) is 8.78 Å². The number of nitrogens with one attached hydrogen (secondary N) is 3. The summed E-state index contributed by atoms with van der Waals surface area (Å²) in [4.78, 5) is 0. The standard InChI is InChI=1S/C9H18FN.C9H19N.C8H16FN/c1-7(2)8-4-9(3,10)6-11-5-8;1-7(2)9-4-8(3)5-10-6-9;1-6(2)7-3-8(9)5-10-4-7/h7-8,11H,4-6H2,1-3H3;7-10H,4-6H2,1-3H3;6-8,10H,3-5H2,1-2H3/t8?,9-;8-,9?;7?,8-/m010/s1. The van der Waals surface area contributed by atoms with Crippen LogP contribution in [-0.4, -0.2) is 51.1 Å². The van der Waals surface area contributed by atoms with Gasteiger partial charge in [0.2, 0.25) is 0 Å². The van der Waals surface area contributed by atoms with Crippen molar-refractivity contribution in [3.8, 4) is 0 Å². The lowest BCUT2D eigenvalue weighted by atomic mass is 9.83. The molecule has 6 atom stereocenters. The zero-order chi connectivity index (χ0) is 23.6. The number of hydrogen-bond acceptors (Lipinski definition) is 3. The maximum absolute atomic E-state index is 13.4. The van der Waals surface area contributed by atoms with Crippen LogP contribution in [0.5, 0.6) is 0 Å². The summed E-state index contributed by atoms with van der Waals surface area (Å²) in [5.41, 5.74) is -0.979. The molecular formula is C26H53F2N3. The Labute approximate surface area is 192 Å². The number of rotatable bonds is 3. The van der Waals surface area contributed by atoms with E-state index in [2.05, 4.69) is 64.4 Å². The zero-order valence-corrected chi connectivity index (χ0v) is 21.7. The Morgan fingerprint density at radius 1 is 0.710 bits per heavy atom. The highest BCUT2D eigenvalue weighted by molar-refractivity contribution is 4.87. The van der Waals surface area contributed by atoms with Crippen molar-refractivity contribution in [2.45, 2.75) is 86.5 Å². The van der Waals surface area contributed by atoms with Crippen molar-refractivity contribution in [1.82, 2.24) is 16.0 Å². The van der Waals surface area contributed by atoms with Crippen molar-refractivity contribution < 1.29 is 8.78 Å². The van der Waals surface area contributed by atoms with Gasteiger partial charge in [-0.05, 0) is 93.8 Å². The predicted octanol–water partition coefficient (Wildman–Crippen LogP) is 5.46. The third-order valence-electron chi connectivity index (χ3n) is 7.35. The van der Waals surface area contributed by atoms with E-state index in [0.717, 1.165) is 43.7 Å². The van der Waals surface area contributed by atoms with Gasteiger partial charge in [0, 0.05) is 13.1 Å². The second-order valence-electron chi connectivity index (χ2n) is 11.8. The summed E-state index contributed by atoms with van der Waals surface area (Å²) in [6, 6.07) is 0. The molecule has 0 spiro atoms. The molecule has 0 amide bonds. The summed E-state index contributed by atoms with van der Waals surface area (Å²) in [5, 5.41) is 9.69. The Morgan fingerprint density at radius 3 is 1.55 bits per heavy atom. The molecule has 3 heterocycles. The van der Waals surface area contributed by atoms with Crippen molar-refractivity contribution in [3.05, 3.63) is 0 Å². The average molecular weight is 446 g/mol. The van der Waals surface area contributed by atoms with Crippen molar-refractivity contribution >= 4 is 0 Å². The minimum Gasteiger partial charge on any atom is -0.316 e. The number of alkyl halides is 2. The topological polar surface area (TPSA) is 36.1 Å². The molecule has 3 saturated heterocycles. The van der Waals surface area contributed by atoms with Gasteiger partial charge in [0.1, 0.15) is 11.8 Å². The quantitative estimate of drug-likeness (QED) is 0.540. The second-order valence-corrected chi connectivity index (χ2v) is 11.8. The molecule has 0 aromatic carbocycles. The highest BCUT2D eigenvalue weighted by Crippen LogP contribution is 2.28. The van der Waals surface area contributed by atoms with E-state index in [1.165, 1.54) is 19.5 Å². The predicted molar refractivity (Wildman–Crippen MR) is 131 cm³/mol. The van der Waals surface area contributed by atoms with Crippen LogP contribution in [0.25, 0.3) is 0 Å². The van der Waals surface area contributed by atoms with Crippen LogP contribution in [0, 0.1) is 41.4 Å². The SMILES string of the molecule is CC(C)C1CNC[C@@H](F)C1.CC(C)C1CNC[C@@](C)(F)C1.CC(C)C1CNC[C@H](C)C1. The maximum atomic E-state index is 13.4. The van der Waals surface area contributed by atoms with Crippen molar-refractivity contribution in [2.75, 3.05) is 39.3 Å². The Morgan fingerprint density at radius 2 is 1.19 bits per heavy atom. The van der Waals surface area contributed by atoms with Gasteiger partial charge in [-0.3, -0.25) is 0 Å². The molecule has 3 fully saturated rings. The third kappa shape index (κ3) is 12.0. The van der Waals surface area contributed by atoms with Gasteiger partial charge in [0.25, 0.3) is 0 Å². The Kier molecular flexibility index (Phi) is 13.1. The van der Waals surface area contributed by atoms with E-state index < -0.39 is 11.8 Å². The Bertz CT molecular complexity index is 442. The van der Waals surface area contributed by atoms with Crippen LogP contribution >= 0.6 is 0 Å². The smallest absolute Gasteiger partial charge is 0.121 e. The lowest BCUT2D eigenvalue weighted by Crippen LogP contribution is -2.46. The van der Waals surface area contributed by atoms with Crippen molar-refractivity contribution in [3.63, 3.8) is 0 Å². The van der Waals surface area contributed by atoms with E-state index in [0.29, 0.717) is 36.8 Å². The van der Waals surface area contributed by atoms with Gasteiger partial charge >= 0.3 is 0 Å². The minimum absolute atomic E-state index is 0.513. The molecule has 0 bridgehead atoms. The zero-order valence-electron chi connectivity index (χ0n) is 21.7. The molecule has 186 valence electrons. The first-order valence-electron chi connectivity index (χ1n) is 12.9. The van der Waals surface area contributed by atoms with E-state index in [-0.39, 0.29) is 0 Å². The normalized spacial score (nSPS) is 36.5. The first-order chi connectivity index (χ1) is 14.4. The van der Waals surface area contributed by atoms with Crippen LogP contribution < -0.4 is 16.0 Å². The lowest BCUT2D eigenvalue weighted by Gasteiger charge is -2.34. The van der Waals surface area contributed by atoms with Crippen molar-refractivity contribution in [1.29, 1.82) is 0 Å². The summed E-state index contributed by atoms with van der Waals surface area (Å²) >= 11 is 0. The molecule has 0 saturated carbocycles. The van der Waals surface area contributed by atoms with Gasteiger partial charge in [-0.2, -0.15) is 0 Å². The maximum Gasteiger partial charge on any atom is 0.121 e.